The van der Waals surface area contributed by atoms with Crippen LogP contribution in [-0.4, -0.2) is 7.05 Å². The van der Waals surface area contributed by atoms with E-state index < -0.39 is 0 Å². The first kappa shape index (κ1) is 12.2. The highest BCUT2D eigenvalue weighted by Gasteiger charge is 2.19. The largest absolute Gasteiger partial charge is 0.312 e. The fourth-order valence-electron chi connectivity index (χ4n) is 1.87. The van der Waals surface area contributed by atoms with Gasteiger partial charge in [-0.25, -0.2) is 0 Å². The van der Waals surface area contributed by atoms with Crippen molar-refractivity contribution >= 4 is 27.3 Å². The molecule has 14 heavy (non-hydrogen) atoms. The molecule has 1 nitrogen and oxygen atoms in total. The second-order valence-corrected chi connectivity index (χ2v) is 5.98. The van der Waals surface area contributed by atoms with Gasteiger partial charge in [0.05, 0.1) is 3.79 Å². The summed E-state index contributed by atoms with van der Waals surface area (Å²) in [4.78, 5) is 1.44. The number of halogens is 1. The zero-order chi connectivity index (χ0) is 10.6. The zero-order valence-electron chi connectivity index (χ0n) is 9.01. The third kappa shape index (κ3) is 2.81. The average Bonchev–Trinajstić information content (AvgIpc) is 2.60. The summed E-state index contributed by atoms with van der Waals surface area (Å²) in [6.45, 7) is 4.53. The molecule has 1 aromatic heterocycles. The first-order chi connectivity index (χ1) is 6.72. The molecule has 1 N–H and O–H groups in total. The van der Waals surface area contributed by atoms with E-state index in [2.05, 4.69) is 54.3 Å². The van der Waals surface area contributed by atoms with E-state index in [4.69, 9.17) is 0 Å². The minimum Gasteiger partial charge on any atom is -0.312 e. The molecule has 0 aromatic carbocycles. The van der Waals surface area contributed by atoms with Crippen molar-refractivity contribution in [2.75, 3.05) is 7.05 Å². The van der Waals surface area contributed by atoms with Gasteiger partial charge in [-0.05, 0) is 41.0 Å². The van der Waals surface area contributed by atoms with Gasteiger partial charge in [-0.15, -0.1) is 11.3 Å². The fourth-order valence-corrected chi connectivity index (χ4v) is 3.49. The van der Waals surface area contributed by atoms with Gasteiger partial charge in [0, 0.05) is 10.9 Å². The molecule has 80 valence electrons. The van der Waals surface area contributed by atoms with Crippen LogP contribution in [0.1, 0.15) is 37.6 Å². The Morgan fingerprint density at radius 1 is 1.36 bits per heavy atom. The second-order valence-electron chi connectivity index (χ2n) is 3.48. The molecule has 1 atom stereocenters. The predicted octanol–water partition coefficient (Wildman–Crippen LogP) is 4.21. The van der Waals surface area contributed by atoms with Gasteiger partial charge in [0.25, 0.3) is 0 Å². The first-order valence-electron chi connectivity index (χ1n) is 5.15. The molecule has 0 spiro atoms. The van der Waals surface area contributed by atoms with Gasteiger partial charge in [-0.1, -0.05) is 26.7 Å². The summed E-state index contributed by atoms with van der Waals surface area (Å²) in [5.74, 6) is 0.741. The molecular formula is C11H18BrNS. The fraction of sp³-hybridized carbons (Fsp3) is 0.636. The maximum atomic E-state index is 3.51. The average molecular weight is 276 g/mol. The second kappa shape index (κ2) is 5.89. The number of hydrogen-bond acceptors (Lipinski definition) is 2. The summed E-state index contributed by atoms with van der Waals surface area (Å²) >= 11 is 5.35. The van der Waals surface area contributed by atoms with Crippen molar-refractivity contribution < 1.29 is 0 Å². The van der Waals surface area contributed by atoms with Gasteiger partial charge in [0.1, 0.15) is 0 Å². The van der Waals surface area contributed by atoms with Crippen molar-refractivity contribution in [3.05, 3.63) is 20.8 Å². The topological polar surface area (TPSA) is 12.0 Å². The minimum absolute atomic E-state index is 0.515. The molecule has 0 aliphatic rings. The molecular weight excluding hydrogens is 258 g/mol. The Morgan fingerprint density at radius 3 is 2.36 bits per heavy atom. The number of thiophene rings is 1. The number of nitrogens with one attached hydrogen (secondary N) is 1. The van der Waals surface area contributed by atoms with Crippen LogP contribution < -0.4 is 5.32 Å². The van der Waals surface area contributed by atoms with Gasteiger partial charge < -0.3 is 5.32 Å². The molecule has 0 saturated carbocycles. The summed E-state index contributed by atoms with van der Waals surface area (Å²) in [6, 6.07) is 4.86. The summed E-state index contributed by atoms with van der Waals surface area (Å²) in [7, 11) is 2.05. The van der Waals surface area contributed by atoms with Gasteiger partial charge in [-0.3, -0.25) is 0 Å². The van der Waals surface area contributed by atoms with Crippen LogP contribution in [0.15, 0.2) is 15.9 Å². The molecule has 3 heteroatoms. The SMILES string of the molecule is CCC(CC)C(NC)c1ccc(Br)s1. The van der Waals surface area contributed by atoms with E-state index in [0.717, 1.165) is 5.92 Å². The van der Waals surface area contributed by atoms with Crippen molar-refractivity contribution in [3.63, 3.8) is 0 Å². The zero-order valence-corrected chi connectivity index (χ0v) is 11.4. The summed E-state index contributed by atoms with van der Waals surface area (Å²) in [6.07, 6.45) is 2.47. The van der Waals surface area contributed by atoms with Crippen LogP contribution in [0.4, 0.5) is 0 Å². The smallest absolute Gasteiger partial charge is 0.0701 e. The van der Waals surface area contributed by atoms with Crippen molar-refractivity contribution in [1.82, 2.24) is 5.32 Å². The van der Waals surface area contributed by atoms with Crippen molar-refractivity contribution in [3.8, 4) is 0 Å². The summed E-state index contributed by atoms with van der Waals surface area (Å²) in [5, 5.41) is 3.42. The third-order valence-electron chi connectivity index (χ3n) is 2.73. The Hall–Kier alpha value is 0.140. The monoisotopic (exact) mass is 275 g/mol. The molecule has 1 unspecified atom stereocenters. The maximum absolute atomic E-state index is 3.51. The Kier molecular flexibility index (Phi) is 5.13. The normalized spacial score (nSPS) is 13.5. The molecule has 0 bridgehead atoms. The molecule has 1 rings (SSSR count). The van der Waals surface area contributed by atoms with E-state index in [0.29, 0.717) is 6.04 Å². The lowest BCUT2D eigenvalue weighted by Gasteiger charge is -2.23. The van der Waals surface area contributed by atoms with Crippen LogP contribution in [0.25, 0.3) is 0 Å². The highest BCUT2D eigenvalue weighted by atomic mass is 79.9. The summed E-state index contributed by atoms with van der Waals surface area (Å²) < 4.78 is 1.22. The highest BCUT2D eigenvalue weighted by molar-refractivity contribution is 9.11. The van der Waals surface area contributed by atoms with E-state index >= 15 is 0 Å². The lowest BCUT2D eigenvalue weighted by atomic mass is 9.93. The van der Waals surface area contributed by atoms with E-state index in [9.17, 15) is 0 Å². The predicted molar refractivity (Wildman–Crippen MR) is 67.9 cm³/mol. The standard InChI is InChI=1S/C11H18BrNS/c1-4-8(5-2)11(13-3)9-6-7-10(12)14-9/h6-8,11,13H,4-5H2,1-3H3. The van der Waals surface area contributed by atoms with E-state index in [-0.39, 0.29) is 0 Å². The van der Waals surface area contributed by atoms with E-state index in [1.54, 1.807) is 0 Å². The number of hydrogen-bond donors (Lipinski definition) is 1. The molecule has 0 aliphatic carbocycles. The third-order valence-corrected chi connectivity index (χ3v) is 4.44. The number of rotatable bonds is 5. The lowest BCUT2D eigenvalue weighted by molar-refractivity contribution is 0.364. The first-order valence-corrected chi connectivity index (χ1v) is 6.76. The van der Waals surface area contributed by atoms with Crippen molar-refractivity contribution in [2.45, 2.75) is 32.7 Å². The van der Waals surface area contributed by atoms with Crippen LogP contribution in [0.2, 0.25) is 0 Å². The van der Waals surface area contributed by atoms with Gasteiger partial charge in [0.15, 0.2) is 0 Å². The van der Waals surface area contributed by atoms with Gasteiger partial charge in [0.2, 0.25) is 0 Å². The van der Waals surface area contributed by atoms with Crippen LogP contribution in [0, 0.1) is 5.92 Å². The minimum atomic E-state index is 0.515. The summed E-state index contributed by atoms with van der Waals surface area (Å²) in [5.41, 5.74) is 0. The van der Waals surface area contributed by atoms with Crippen molar-refractivity contribution in [2.24, 2.45) is 5.92 Å². The molecule has 0 aliphatic heterocycles. The van der Waals surface area contributed by atoms with Crippen LogP contribution in [0.3, 0.4) is 0 Å². The molecule has 1 aromatic rings. The Balaban J connectivity index is 2.80. The molecule has 0 amide bonds. The highest BCUT2D eigenvalue weighted by Crippen LogP contribution is 2.33. The van der Waals surface area contributed by atoms with E-state index in [1.807, 2.05) is 11.3 Å². The van der Waals surface area contributed by atoms with Gasteiger partial charge >= 0.3 is 0 Å². The Bertz CT molecular complexity index is 268. The Labute approximate surface area is 99.0 Å². The van der Waals surface area contributed by atoms with Gasteiger partial charge in [-0.2, -0.15) is 0 Å². The van der Waals surface area contributed by atoms with Crippen molar-refractivity contribution in [1.29, 1.82) is 0 Å². The molecule has 0 fully saturated rings. The molecule has 0 radical (unpaired) electrons. The Morgan fingerprint density at radius 2 is 2.00 bits per heavy atom. The van der Waals surface area contributed by atoms with Crippen LogP contribution in [-0.2, 0) is 0 Å². The lowest BCUT2D eigenvalue weighted by Crippen LogP contribution is -2.23. The maximum Gasteiger partial charge on any atom is 0.0701 e. The van der Waals surface area contributed by atoms with Crippen LogP contribution in [0.5, 0.6) is 0 Å². The molecule has 0 saturated heterocycles. The van der Waals surface area contributed by atoms with E-state index in [1.165, 1.54) is 21.5 Å². The molecule has 1 heterocycles. The quantitative estimate of drug-likeness (QED) is 0.849. The van der Waals surface area contributed by atoms with Crippen LogP contribution >= 0.6 is 27.3 Å².